The molecular formula is C29H33NO3. The van der Waals surface area contributed by atoms with Gasteiger partial charge in [0.25, 0.3) is 0 Å². The van der Waals surface area contributed by atoms with Crippen molar-refractivity contribution >= 4 is 12.2 Å². The van der Waals surface area contributed by atoms with E-state index in [1.807, 2.05) is 6.07 Å². The van der Waals surface area contributed by atoms with E-state index in [2.05, 4.69) is 78.6 Å². The van der Waals surface area contributed by atoms with Crippen LogP contribution >= 0.6 is 0 Å². The number of piperidine rings is 1. The van der Waals surface area contributed by atoms with Crippen molar-refractivity contribution in [3.05, 3.63) is 82.9 Å². The molecule has 0 saturated carbocycles. The molecule has 1 heterocycles. The third kappa shape index (κ3) is 5.47. The maximum absolute atomic E-state index is 10.0. The molecule has 4 rings (SSSR count). The maximum atomic E-state index is 10.0. The Morgan fingerprint density at radius 3 is 2.36 bits per heavy atom. The summed E-state index contributed by atoms with van der Waals surface area (Å²) in [6.07, 6.45) is 5.88. The number of nitrogens with zero attached hydrogens (tertiary/aromatic N) is 1. The molecule has 3 aromatic carbocycles. The van der Waals surface area contributed by atoms with E-state index in [1.54, 1.807) is 14.2 Å². The second-order valence-corrected chi connectivity index (χ2v) is 8.65. The minimum Gasteiger partial charge on any atom is -0.496 e. The zero-order chi connectivity index (χ0) is 23.2. The van der Waals surface area contributed by atoms with E-state index < -0.39 is 0 Å². The lowest BCUT2D eigenvalue weighted by Gasteiger charge is -2.30. The molecule has 3 aromatic rings. The van der Waals surface area contributed by atoms with Gasteiger partial charge in [-0.15, -0.1) is 0 Å². The number of hydrogen-bond donors (Lipinski definition) is 1. The normalized spacial score (nSPS) is 16.8. The van der Waals surface area contributed by atoms with Gasteiger partial charge in [0.1, 0.15) is 11.5 Å². The smallest absolute Gasteiger partial charge is 0.127 e. The third-order valence-electron chi connectivity index (χ3n) is 6.41. The van der Waals surface area contributed by atoms with Gasteiger partial charge in [0.2, 0.25) is 0 Å². The molecular weight excluding hydrogens is 410 g/mol. The van der Waals surface area contributed by atoms with Crippen LogP contribution in [0.4, 0.5) is 0 Å². The molecule has 1 aliphatic heterocycles. The zero-order valence-electron chi connectivity index (χ0n) is 19.8. The highest BCUT2D eigenvalue weighted by Crippen LogP contribution is 2.34. The standard InChI is InChI=1S/C29H33NO3/c1-21-23(11-7-13-26(21)24-9-5-4-6-10-24)15-14-22-17-28(32-2)27(29(18-22)33-3)20-30-16-8-12-25(31)19-30/h4-7,9-11,13-15,17-18,25,31H,8,12,16,19-20H2,1-3H3/b15-14+. The van der Waals surface area contributed by atoms with Crippen LogP contribution in [0.2, 0.25) is 0 Å². The molecule has 1 N–H and O–H groups in total. The molecule has 1 aliphatic rings. The SMILES string of the molecule is COc1cc(/C=C/c2cccc(-c3ccccc3)c2C)cc(OC)c1CN1CCCC(O)C1. The number of methoxy groups -OCH3 is 2. The van der Waals surface area contributed by atoms with Crippen LogP contribution in [0.3, 0.4) is 0 Å². The predicted octanol–water partition coefficient (Wildman–Crippen LogP) is 5.81. The van der Waals surface area contributed by atoms with Crippen LogP contribution in [-0.4, -0.2) is 43.4 Å². The average Bonchev–Trinajstić information content (AvgIpc) is 2.84. The Labute approximate surface area is 197 Å². The molecule has 1 atom stereocenters. The minimum absolute atomic E-state index is 0.257. The summed E-state index contributed by atoms with van der Waals surface area (Å²) in [7, 11) is 3.40. The lowest BCUT2D eigenvalue weighted by Crippen LogP contribution is -2.37. The molecule has 0 spiro atoms. The Balaban J connectivity index is 1.61. The summed E-state index contributed by atoms with van der Waals surface area (Å²) in [5.74, 6) is 1.62. The van der Waals surface area contributed by atoms with Gasteiger partial charge in [0.15, 0.2) is 0 Å². The fourth-order valence-corrected chi connectivity index (χ4v) is 4.61. The maximum Gasteiger partial charge on any atom is 0.127 e. The fraction of sp³-hybridized carbons (Fsp3) is 0.310. The number of hydrogen-bond acceptors (Lipinski definition) is 4. The van der Waals surface area contributed by atoms with Crippen molar-refractivity contribution in [1.82, 2.24) is 4.90 Å². The van der Waals surface area contributed by atoms with Crippen LogP contribution in [0.25, 0.3) is 23.3 Å². The van der Waals surface area contributed by atoms with Gasteiger partial charge in [-0.25, -0.2) is 0 Å². The highest BCUT2D eigenvalue weighted by molar-refractivity contribution is 5.78. The lowest BCUT2D eigenvalue weighted by atomic mass is 9.96. The molecule has 4 nitrogen and oxygen atoms in total. The van der Waals surface area contributed by atoms with Crippen molar-refractivity contribution < 1.29 is 14.6 Å². The zero-order valence-corrected chi connectivity index (χ0v) is 19.8. The van der Waals surface area contributed by atoms with E-state index in [1.165, 1.54) is 22.3 Å². The molecule has 33 heavy (non-hydrogen) atoms. The number of benzene rings is 3. The summed E-state index contributed by atoms with van der Waals surface area (Å²) >= 11 is 0. The van der Waals surface area contributed by atoms with E-state index in [-0.39, 0.29) is 6.10 Å². The number of aliphatic hydroxyl groups excluding tert-OH is 1. The van der Waals surface area contributed by atoms with Crippen LogP contribution in [0.1, 0.15) is 35.1 Å². The topological polar surface area (TPSA) is 41.9 Å². The number of rotatable bonds is 7. The fourth-order valence-electron chi connectivity index (χ4n) is 4.61. The molecule has 0 bridgehead atoms. The highest BCUT2D eigenvalue weighted by atomic mass is 16.5. The van der Waals surface area contributed by atoms with Gasteiger partial charge in [-0.3, -0.25) is 4.90 Å². The van der Waals surface area contributed by atoms with Crippen molar-refractivity contribution in [2.75, 3.05) is 27.3 Å². The van der Waals surface area contributed by atoms with Crippen molar-refractivity contribution in [2.45, 2.75) is 32.4 Å². The number of ether oxygens (including phenoxy) is 2. The Hall–Kier alpha value is -3.08. The van der Waals surface area contributed by atoms with Gasteiger partial charge in [-0.05, 0) is 66.3 Å². The highest BCUT2D eigenvalue weighted by Gasteiger charge is 2.21. The Kier molecular flexibility index (Phi) is 7.48. The number of likely N-dealkylation sites (tertiary alicyclic amines) is 1. The molecule has 0 radical (unpaired) electrons. The predicted molar refractivity (Wildman–Crippen MR) is 136 cm³/mol. The first kappa shape index (κ1) is 23.1. The molecule has 0 amide bonds. The summed E-state index contributed by atoms with van der Waals surface area (Å²) in [4.78, 5) is 2.27. The van der Waals surface area contributed by atoms with Crippen molar-refractivity contribution in [1.29, 1.82) is 0 Å². The summed E-state index contributed by atoms with van der Waals surface area (Å²) in [6, 6.07) is 21.0. The van der Waals surface area contributed by atoms with Crippen LogP contribution < -0.4 is 9.47 Å². The van der Waals surface area contributed by atoms with Crippen molar-refractivity contribution in [3.63, 3.8) is 0 Å². The third-order valence-corrected chi connectivity index (χ3v) is 6.41. The van der Waals surface area contributed by atoms with Gasteiger partial charge in [0, 0.05) is 13.1 Å². The summed E-state index contributed by atoms with van der Waals surface area (Å²) in [5, 5.41) is 10.0. The van der Waals surface area contributed by atoms with E-state index in [4.69, 9.17) is 9.47 Å². The first-order valence-electron chi connectivity index (χ1n) is 11.6. The van der Waals surface area contributed by atoms with Gasteiger partial charge < -0.3 is 14.6 Å². The first-order chi connectivity index (χ1) is 16.1. The monoisotopic (exact) mass is 443 g/mol. The molecule has 0 aromatic heterocycles. The van der Waals surface area contributed by atoms with E-state index >= 15 is 0 Å². The first-order valence-corrected chi connectivity index (χ1v) is 11.6. The molecule has 1 saturated heterocycles. The second-order valence-electron chi connectivity index (χ2n) is 8.65. The van der Waals surface area contributed by atoms with E-state index in [9.17, 15) is 5.11 Å². The molecule has 1 unspecified atom stereocenters. The Bertz CT molecular complexity index is 1080. The largest absolute Gasteiger partial charge is 0.496 e. The van der Waals surface area contributed by atoms with Gasteiger partial charge in [-0.1, -0.05) is 60.7 Å². The van der Waals surface area contributed by atoms with Gasteiger partial charge in [0.05, 0.1) is 25.9 Å². The second kappa shape index (κ2) is 10.7. The molecule has 4 heteroatoms. The number of β-amino-alcohol motifs (C(OH)–C–C–N with tert-alkyl or cyclic N) is 1. The molecule has 172 valence electrons. The average molecular weight is 444 g/mol. The van der Waals surface area contributed by atoms with Crippen LogP contribution in [0.5, 0.6) is 11.5 Å². The van der Waals surface area contributed by atoms with Crippen LogP contribution in [-0.2, 0) is 6.54 Å². The Morgan fingerprint density at radius 1 is 0.970 bits per heavy atom. The minimum atomic E-state index is -0.257. The molecule has 1 fully saturated rings. The Morgan fingerprint density at radius 2 is 1.70 bits per heavy atom. The van der Waals surface area contributed by atoms with Gasteiger partial charge in [-0.2, -0.15) is 0 Å². The quantitative estimate of drug-likeness (QED) is 0.468. The molecule has 0 aliphatic carbocycles. The summed E-state index contributed by atoms with van der Waals surface area (Å²) in [5.41, 5.74) is 6.94. The summed E-state index contributed by atoms with van der Waals surface area (Å²) in [6.45, 7) is 4.53. The van der Waals surface area contributed by atoms with Crippen LogP contribution in [0, 0.1) is 6.92 Å². The van der Waals surface area contributed by atoms with Crippen LogP contribution in [0.15, 0.2) is 60.7 Å². The summed E-state index contributed by atoms with van der Waals surface area (Å²) < 4.78 is 11.5. The van der Waals surface area contributed by atoms with Gasteiger partial charge >= 0.3 is 0 Å². The van der Waals surface area contributed by atoms with E-state index in [0.717, 1.165) is 42.0 Å². The van der Waals surface area contributed by atoms with Crippen molar-refractivity contribution in [2.24, 2.45) is 0 Å². The number of aliphatic hydroxyl groups is 1. The van der Waals surface area contributed by atoms with Crippen molar-refractivity contribution in [3.8, 4) is 22.6 Å². The van der Waals surface area contributed by atoms with E-state index in [0.29, 0.717) is 13.1 Å². The lowest BCUT2D eigenvalue weighted by molar-refractivity contribution is 0.0660.